The predicted octanol–water partition coefficient (Wildman–Crippen LogP) is 1.88. The van der Waals surface area contributed by atoms with Crippen LogP contribution < -0.4 is 0 Å². The number of morpholine rings is 1. The Morgan fingerprint density at radius 1 is 1.33 bits per heavy atom. The smallest absolute Gasteiger partial charge is 0.0642 e. The van der Waals surface area contributed by atoms with Gasteiger partial charge in [0.2, 0.25) is 0 Å². The molecular formula is C10H19NO. The Morgan fingerprint density at radius 3 is 2.42 bits per heavy atom. The van der Waals surface area contributed by atoms with Gasteiger partial charge in [-0.2, -0.15) is 0 Å². The van der Waals surface area contributed by atoms with Gasteiger partial charge in [-0.05, 0) is 12.8 Å². The molecule has 0 aliphatic carbocycles. The van der Waals surface area contributed by atoms with Gasteiger partial charge in [-0.25, -0.2) is 0 Å². The van der Waals surface area contributed by atoms with E-state index in [9.17, 15) is 0 Å². The van der Waals surface area contributed by atoms with Crippen LogP contribution in [-0.2, 0) is 4.74 Å². The fourth-order valence-corrected chi connectivity index (χ4v) is 1.50. The fourth-order valence-electron chi connectivity index (χ4n) is 1.50. The second-order valence-corrected chi connectivity index (χ2v) is 3.65. The molecule has 2 nitrogen and oxygen atoms in total. The quantitative estimate of drug-likeness (QED) is 0.626. The molecular weight excluding hydrogens is 150 g/mol. The van der Waals surface area contributed by atoms with Gasteiger partial charge in [0.05, 0.1) is 13.2 Å². The average Bonchev–Trinajstić information content (AvgIpc) is 2.05. The molecule has 0 aromatic rings. The minimum Gasteiger partial charge on any atom is -0.378 e. The molecule has 12 heavy (non-hydrogen) atoms. The van der Waals surface area contributed by atoms with Crippen LogP contribution in [0.1, 0.15) is 20.8 Å². The van der Waals surface area contributed by atoms with Gasteiger partial charge in [0.1, 0.15) is 0 Å². The van der Waals surface area contributed by atoms with Crippen molar-refractivity contribution >= 4 is 0 Å². The third-order valence-electron chi connectivity index (χ3n) is 2.08. The van der Waals surface area contributed by atoms with Crippen LogP contribution in [0.5, 0.6) is 0 Å². The van der Waals surface area contributed by atoms with Crippen LogP contribution in [0, 0.1) is 5.92 Å². The van der Waals surface area contributed by atoms with E-state index < -0.39 is 0 Å². The van der Waals surface area contributed by atoms with Crippen molar-refractivity contribution in [2.24, 2.45) is 5.92 Å². The number of allylic oxidation sites excluding steroid dienone is 2. The highest BCUT2D eigenvalue weighted by Gasteiger charge is 2.09. The first-order chi connectivity index (χ1) is 5.70. The molecule has 70 valence electrons. The van der Waals surface area contributed by atoms with Crippen molar-refractivity contribution in [2.45, 2.75) is 20.8 Å². The highest BCUT2D eigenvalue weighted by atomic mass is 16.5. The second-order valence-electron chi connectivity index (χ2n) is 3.65. The highest BCUT2D eigenvalue weighted by Crippen LogP contribution is 2.09. The summed E-state index contributed by atoms with van der Waals surface area (Å²) in [5, 5.41) is 0. The molecule has 0 aromatic heterocycles. The minimum atomic E-state index is 0.646. The van der Waals surface area contributed by atoms with Crippen molar-refractivity contribution in [3.8, 4) is 0 Å². The van der Waals surface area contributed by atoms with Gasteiger partial charge in [0, 0.05) is 18.8 Å². The van der Waals surface area contributed by atoms with Gasteiger partial charge in [-0.15, -0.1) is 0 Å². The number of hydrogen-bond acceptors (Lipinski definition) is 2. The van der Waals surface area contributed by atoms with Crippen LogP contribution in [0.2, 0.25) is 0 Å². The Bertz CT molecular complexity index is 157. The molecule has 1 aliphatic rings. The molecule has 1 heterocycles. The summed E-state index contributed by atoms with van der Waals surface area (Å²) in [6.45, 7) is 10.5. The normalized spacial score (nSPS) is 20.3. The predicted molar refractivity (Wildman–Crippen MR) is 51.0 cm³/mol. The van der Waals surface area contributed by atoms with E-state index in [-0.39, 0.29) is 0 Å². The number of ether oxygens (including phenoxy) is 1. The largest absolute Gasteiger partial charge is 0.378 e. The average molecular weight is 169 g/mol. The summed E-state index contributed by atoms with van der Waals surface area (Å²) < 4.78 is 5.29. The molecule has 1 fully saturated rings. The lowest BCUT2D eigenvalue weighted by atomic mass is 10.2. The Morgan fingerprint density at radius 2 is 1.92 bits per heavy atom. The van der Waals surface area contributed by atoms with Crippen LogP contribution in [0.15, 0.2) is 11.8 Å². The zero-order valence-corrected chi connectivity index (χ0v) is 8.34. The SMILES string of the molecule is CC(=CC(C)C)N1CCOCC1. The summed E-state index contributed by atoms with van der Waals surface area (Å²) in [4.78, 5) is 2.39. The minimum absolute atomic E-state index is 0.646. The summed E-state index contributed by atoms with van der Waals surface area (Å²) in [5.74, 6) is 0.646. The Hall–Kier alpha value is -0.500. The van der Waals surface area contributed by atoms with Crippen LogP contribution >= 0.6 is 0 Å². The van der Waals surface area contributed by atoms with Crippen LogP contribution in [0.3, 0.4) is 0 Å². The zero-order valence-electron chi connectivity index (χ0n) is 8.34. The van der Waals surface area contributed by atoms with Crippen molar-refractivity contribution in [1.29, 1.82) is 0 Å². The van der Waals surface area contributed by atoms with Crippen LogP contribution in [0.4, 0.5) is 0 Å². The topological polar surface area (TPSA) is 12.5 Å². The zero-order chi connectivity index (χ0) is 8.97. The van der Waals surface area contributed by atoms with Gasteiger partial charge < -0.3 is 9.64 Å². The monoisotopic (exact) mass is 169 g/mol. The van der Waals surface area contributed by atoms with E-state index in [4.69, 9.17) is 4.74 Å². The van der Waals surface area contributed by atoms with Gasteiger partial charge in [0.15, 0.2) is 0 Å². The van der Waals surface area contributed by atoms with E-state index in [0.717, 1.165) is 26.3 Å². The molecule has 0 N–H and O–H groups in total. The van der Waals surface area contributed by atoms with Gasteiger partial charge >= 0.3 is 0 Å². The van der Waals surface area contributed by atoms with Crippen molar-refractivity contribution in [2.75, 3.05) is 26.3 Å². The van der Waals surface area contributed by atoms with E-state index in [1.807, 2.05) is 0 Å². The molecule has 2 heteroatoms. The second kappa shape index (κ2) is 4.51. The first kappa shape index (κ1) is 9.59. The standard InChI is InChI=1S/C10H19NO/c1-9(2)8-10(3)11-4-6-12-7-5-11/h8-9H,4-7H2,1-3H3. The summed E-state index contributed by atoms with van der Waals surface area (Å²) >= 11 is 0. The molecule has 0 bridgehead atoms. The van der Waals surface area contributed by atoms with E-state index >= 15 is 0 Å². The summed E-state index contributed by atoms with van der Waals surface area (Å²) in [6.07, 6.45) is 2.31. The van der Waals surface area contributed by atoms with Crippen LogP contribution in [-0.4, -0.2) is 31.2 Å². The Kier molecular flexibility index (Phi) is 3.60. The maximum Gasteiger partial charge on any atom is 0.0642 e. The van der Waals surface area contributed by atoms with Crippen LogP contribution in [0.25, 0.3) is 0 Å². The summed E-state index contributed by atoms with van der Waals surface area (Å²) in [6, 6.07) is 0. The lowest BCUT2D eigenvalue weighted by molar-refractivity contribution is 0.0534. The Balaban J connectivity index is 2.44. The molecule has 0 atom stereocenters. The van der Waals surface area contributed by atoms with E-state index in [0.29, 0.717) is 5.92 Å². The third kappa shape index (κ3) is 2.86. The number of rotatable bonds is 2. The molecule has 0 amide bonds. The molecule has 0 unspecified atom stereocenters. The van der Waals surface area contributed by atoms with Gasteiger partial charge in [-0.3, -0.25) is 0 Å². The Labute approximate surface area is 75.2 Å². The number of nitrogens with zero attached hydrogens (tertiary/aromatic N) is 1. The molecule has 0 radical (unpaired) electrons. The fraction of sp³-hybridized carbons (Fsp3) is 0.800. The first-order valence-corrected chi connectivity index (χ1v) is 4.71. The molecule has 1 rings (SSSR count). The van der Waals surface area contributed by atoms with E-state index in [2.05, 4.69) is 31.7 Å². The lowest BCUT2D eigenvalue weighted by Crippen LogP contribution is -2.34. The number of hydrogen-bond donors (Lipinski definition) is 0. The van der Waals surface area contributed by atoms with Gasteiger partial charge in [-0.1, -0.05) is 19.9 Å². The molecule has 0 spiro atoms. The van der Waals surface area contributed by atoms with Crippen molar-refractivity contribution in [1.82, 2.24) is 4.90 Å². The molecule has 1 saturated heterocycles. The van der Waals surface area contributed by atoms with Gasteiger partial charge in [0.25, 0.3) is 0 Å². The lowest BCUT2D eigenvalue weighted by Gasteiger charge is -2.29. The maximum atomic E-state index is 5.29. The van der Waals surface area contributed by atoms with Crippen molar-refractivity contribution in [3.63, 3.8) is 0 Å². The highest BCUT2D eigenvalue weighted by molar-refractivity contribution is 4.99. The summed E-state index contributed by atoms with van der Waals surface area (Å²) in [7, 11) is 0. The maximum absolute atomic E-state index is 5.29. The summed E-state index contributed by atoms with van der Waals surface area (Å²) in [5.41, 5.74) is 1.40. The molecule has 1 aliphatic heterocycles. The van der Waals surface area contributed by atoms with Crippen molar-refractivity contribution < 1.29 is 4.74 Å². The van der Waals surface area contributed by atoms with Crippen molar-refractivity contribution in [3.05, 3.63) is 11.8 Å². The first-order valence-electron chi connectivity index (χ1n) is 4.71. The van der Waals surface area contributed by atoms with E-state index in [1.165, 1.54) is 5.70 Å². The molecule has 0 aromatic carbocycles. The van der Waals surface area contributed by atoms with E-state index in [1.54, 1.807) is 0 Å². The third-order valence-corrected chi connectivity index (χ3v) is 2.08. The molecule has 0 saturated carbocycles.